The smallest absolute Gasteiger partial charge is 0.303 e. The van der Waals surface area contributed by atoms with E-state index in [0.29, 0.717) is 18.4 Å². The van der Waals surface area contributed by atoms with Crippen LogP contribution in [0.5, 0.6) is 0 Å². The monoisotopic (exact) mass is 171 g/mol. The second-order valence-electron chi connectivity index (χ2n) is 3.64. The molecule has 3 heteroatoms. The van der Waals surface area contributed by atoms with Crippen molar-refractivity contribution in [1.29, 1.82) is 0 Å². The second-order valence-corrected chi connectivity index (χ2v) is 3.64. The van der Waals surface area contributed by atoms with Crippen LogP contribution in [-0.2, 0) is 4.79 Å². The van der Waals surface area contributed by atoms with Crippen LogP contribution in [0.3, 0.4) is 0 Å². The van der Waals surface area contributed by atoms with Crippen LogP contribution in [0.15, 0.2) is 0 Å². The molecule has 0 aliphatic heterocycles. The number of rotatable bonds is 4. The Labute approximate surface area is 72.9 Å². The van der Waals surface area contributed by atoms with Gasteiger partial charge < -0.3 is 10.8 Å². The number of aliphatic carboxylic acids is 1. The van der Waals surface area contributed by atoms with E-state index in [-0.39, 0.29) is 0 Å². The summed E-state index contributed by atoms with van der Waals surface area (Å²) in [6.07, 6.45) is 5.61. The molecule has 0 aromatic carbocycles. The predicted molar refractivity (Wildman–Crippen MR) is 46.8 cm³/mol. The van der Waals surface area contributed by atoms with Crippen molar-refractivity contribution in [2.24, 2.45) is 11.7 Å². The van der Waals surface area contributed by atoms with E-state index in [2.05, 4.69) is 0 Å². The highest BCUT2D eigenvalue weighted by Gasteiger charge is 2.23. The van der Waals surface area contributed by atoms with Crippen LogP contribution in [0, 0.1) is 5.92 Å². The summed E-state index contributed by atoms with van der Waals surface area (Å²) in [5, 5.41) is 8.42. The lowest BCUT2D eigenvalue weighted by Crippen LogP contribution is -2.24. The van der Waals surface area contributed by atoms with Gasteiger partial charge in [0, 0.05) is 12.5 Å². The van der Waals surface area contributed by atoms with Crippen LogP contribution in [0.1, 0.15) is 38.5 Å². The quantitative estimate of drug-likeness (QED) is 0.671. The highest BCUT2D eigenvalue weighted by Crippen LogP contribution is 2.28. The predicted octanol–water partition coefficient (Wildman–Crippen LogP) is 1.37. The molecule has 3 N–H and O–H groups in total. The third-order valence-corrected chi connectivity index (χ3v) is 2.68. The summed E-state index contributed by atoms with van der Waals surface area (Å²) in [6, 6.07) is 0.332. The van der Waals surface area contributed by atoms with Gasteiger partial charge in [-0.05, 0) is 31.6 Å². The van der Waals surface area contributed by atoms with E-state index in [0.717, 1.165) is 19.3 Å². The fourth-order valence-corrected chi connectivity index (χ4v) is 1.94. The minimum absolute atomic E-state index is 0.295. The standard InChI is InChI=1S/C9H17NO2/c10-8-5-1-3-7(8)4-2-6-9(11)12/h7-8H,1-6,10H2,(H,11,12). The highest BCUT2D eigenvalue weighted by molar-refractivity contribution is 5.66. The molecular weight excluding hydrogens is 154 g/mol. The first-order valence-electron chi connectivity index (χ1n) is 4.67. The van der Waals surface area contributed by atoms with Crippen molar-refractivity contribution >= 4 is 5.97 Å². The normalized spacial score (nSPS) is 29.1. The molecule has 0 aromatic rings. The van der Waals surface area contributed by atoms with E-state index in [1.165, 1.54) is 12.8 Å². The van der Waals surface area contributed by atoms with E-state index < -0.39 is 5.97 Å². The van der Waals surface area contributed by atoms with E-state index in [1.807, 2.05) is 0 Å². The highest BCUT2D eigenvalue weighted by atomic mass is 16.4. The summed E-state index contributed by atoms with van der Waals surface area (Å²) in [7, 11) is 0. The molecule has 1 aliphatic rings. The molecule has 0 saturated heterocycles. The molecule has 2 unspecified atom stereocenters. The minimum Gasteiger partial charge on any atom is -0.481 e. The van der Waals surface area contributed by atoms with Crippen LogP contribution in [0.4, 0.5) is 0 Å². The first kappa shape index (κ1) is 9.52. The lowest BCUT2D eigenvalue weighted by molar-refractivity contribution is -0.137. The molecule has 70 valence electrons. The van der Waals surface area contributed by atoms with Crippen LogP contribution in [0.25, 0.3) is 0 Å². The van der Waals surface area contributed by atoms with Crippen LogP contribution >= 0.6 is 0 Å². The van der Waals surface area contributed by atoms with E-state index in [4.69, 9.17) is 10.8 Å². The number of hydrogen-bond donors (Lipinski definition) is 2. The van der Waals surface area contributed by atoms with E-state index in [1.54, 1.807) is 0 Å². The van der Waals surface area contributed by atoms with Crippen LogP contribution in [-0.4, -0.2) is 17.1 Å². The maximum Gasteiger partial charge on any atom is 0.303 e. The summed E-state index contributed by atoms with van der Waals surface area (Å²) in [5.41, 5.74) is 5.85. The molecule has 1 saturated carbocycles. The Bertz CT molecular complexity index is 159. The average Bonchev–Trinajstić information content (AvgIpc) is 2.36. The van der Waals surface area contributed by atoms with Crippen molar-refractivity contribution in [1.82, 2.24) is 0 Å². The molecular formula is C9H17NO2. The van der Waals surface area contributed by atoms with Crippen molar-refractivity contribution in [2.75, 3.05) is 0 Å². The van der Waals surface area contributed by atoms with Crippen molar-refractivity contribution in [3.8, 4) is 0 Å². The van der Waals surface area contributed by atoms with Gasteiger partial charge in [-0.25, -0.2) is 0 Å². The summed E-state index contributed by atoms with van der Waals surface area (Å²) in [6.45, 7) is 0. The zero-order valence-corrected chi connectivity index (χ0v) is 7.33. The third kappa shape index (κ3) is 2.81. The van der Waals surface area contributed by atoms with Crippen LogP contribution < -0.4 is 5.73 Å². The molecule has 0 radical (unpaired) electrons. The molecule has 0 spiro atoms. The Morgan fingerprint density at radius 2 is 2.25 bits per heavy atom. The number of carboxylic acid groups (broad SMARTS) is 1. The van der Waals surface area contributed by atoms with Gasteiger partial charge in [0.2, 0.25) is 0 Å². The topological polar surface area (TPSA) is 63.3 Å². The SMILES string of the molecule is NC1CCCC1CCCC(=O)O. The Morgan fingerprint density at radius 1 is 1.50 bits per heavy atom. The molecule has 1 fully saturated rings. The van der Waals surface area contributed by atoms with Gasteiger partial charge in [-0.2, -0.15) is 0 Å². The van der Waals surface area contributed by atoms with Gasteiger partial charge in [-0.1, -0.05) is 6.42 Å². The van der Waals surface area contributed by atoms with Gasteiger partial charge in [0.05, 0.1) is 0 Å². The average molecular weight is 171 g/mol. The fourth-order valence-electron chi connectivity index (χ4n) is 1.94. The maximum atomic E-state index is 10.2. The number of carboxylic acids is 1. The maximum absolute atomic E-state index is 10.2. The third-order valence-electron chi connectivity index (χ3n) is 2.68. The van der Waals surface area contributed by atoms with Crippen molar-refractivity contribution < 1.29 is 9.90 Å². The molecule has 0 bridgehead atoms. The lowest BCUT2D eigenvalue weighted by Gasteiger charge is -2.13. The Kier molecular flexibility index (Phi) is 3.53. The summed E-state index contributed by atoms with van der Waals surface area (Å²) in [5.74, 6) is -0.106. The Balaban J connectivity index is 2.10. The van der Waals surface area contributed by atoms with Crippen molar-refractivity contribution in [3.05, 3.63) is 0 Å². The molecule has 1 rings (SSSR count). The van der Waals surface area contributed by atoms with Crippen molar-refractivity contribution in [3.63, 3.8) is 0 Å². The van der Waals surface area contributed by atoms with Gasteiger partial charge >= 0.3 is 5.97 Å². The van der Waals surface area contributed by atoms with Gasteiger partial charge in [0.25, 0.3) is 0 Å². The molecule has 0 heterocycles. The van der Waals surface area contributed by atoms with Crippen LogP contribution in [0.2, 0.25) is 0 Å². The number of nitrogens with two attached hydrogens (primary N) is 1. The van der Waals surface area contributed by atoms with Gasteiger partial charge in [-0.15, -0.1) is 0 Å². The molecule has 12 heavy (non-hydrogen) atoms. The summed E-state index contributed by atoms with van der Waals surface area (Å²) in [4.78, 5) is 10.2. The molecule has 0 amide bonds. The number of carbonyl (C=O) groups is 1. The number of hydrogen-bond acceptors (Lipinski definition) is 2. The lowest BCUT2D eigenvalue weighted by atomic mass is 9.97. The first-order valence-corrected chi connectivity index (χ1v) is 4.67. The van der Waals surface area contributed by atoms with Gasteiger partial charge in [0.15, 0.2) is 0 Å². The second kappa shape index (κ2) is 4.45. The molecule has 1 aliphatic carbocycles. The fraction of sp³-hybridized carbons (Fsp3) is 0.889. The summed E-state index contributed by atoms with van der Waals surface area (Å²) < 4.78 is 0. The zero-order valence-electron chi connectivity index (χ0n) is 7.33. The van der Waals surface area contributed by atoms with Gasteiger partial charge in [-0.3, -0.25) is 4.79 Å². The Hall–Kier alpha value is -0.570. The minimum atomic E-state index is -0.693. The first-order chi connectivity index (χ1) is 5.70. The van der Waals surface area contributed by atoms with Crippen molar-refractivity contribution in [2.45, 2.75) is 44.6 Å². The summed E-state index contributed by atoms with van der Waals surface area (Å²) >= 11 is 0. The van der Waals surface area contributed by atoms with E-state index >= 15 is 0 Å². The molecule has 2 atom stereocenters. The van der Waals surface area contributed by atoms with E-state index in [9.17, 15) is 4.79 Å². The Morgan fingerprint density at radius 3 is 2.75 bits per heavy atom. The van der Waals surface area contributed by atoms with Gasteiger partial charge in [0.1, 0.15) is 0 Å². The zero-order chi connectivity index (χ0) is 8.97. The molecule has 3 nitrogen and oxygen atoms in total. The largest absolute Gasteiger partial charge is 0.481 e. The molecule has 0 aromatic heterocycles.